The molecule has 0 aliphatic carbocycles. The molecule has 1 fully saturated rings. The second-order valence-electron chi connectivity index (χ2n) is 4.56. The predicted octanol–water partition coefficient (Wildman–Crippen LogP) is 2.96. The van der Waals surface area contributed by atoms with Crippen molar-refractivity contribution in [2.75, 3.05) is 20.1 Å². The van der Waals surface area contributed by atoms with Gasteiger partial charge in [-0.25, -0.2) is 0 Å². The zero-order valence-electron chi connectivity index (χ0n) is 14.7. The van der Waals surface area contributed by atoms with Gasteiger partial charge in [0.2, 0.25) is 5.91 Å². The number of nitrogens with zero attached hydrogens (tertiary/aromatic N) is 3. The Morgan fingerprint density at radius 1 is 1.23 bits per heavy atom. The maximum atomic E-state index is 12.0. The molecule has 1 aliphatic heterocycles. The first-order valence-electron chi connectivity index (χ1n) is 8.04. The summed E-state index contributed by atoms with van der Waals surface area (Å²) in [5.41, 5.74) is 1.38. The van der Waals surface area contributed by atoms with Crippen molar-refractivity contribution in [2.45, 2.75) is 47.6 Å². The third-order valence-electron chi connectivity index (χ3n) is 3.14. The molecule has 1 saturated heterocycles. The molecule has 0 radical (unpaired) electrons. The molecule has 0 saturated carbocycles. The zero-order chi connectivity index (χ0) is 17.1. The van der Waals surface area contributed by atoms with Crippen LogP contribution in [0.25, 0.3) is 0 Å². The Kier molecular flexibility index (Phi) is 9.83. The summed E-state index contributed by atoms with van der Waals surface area (Å²) in [6.07, 6.45) is 2.70. The fraction of sp³-hybridized carbons (Fsp3) is 0.588. The topological polar surface area (TPSA) is 53.5 Å². The molecule has 5 heteroatoms. The fourth-order valence-electron chi connectivity index (χ4n) is 1.75. The van der Waals surface area contributed by atoms with Gasteiger partial charge in [-0.15, -0.1) is 0 Å². The second-order valence-corrected chi connectivity index (χ2v) is 4.56. The third-order valence-corrected chi connectivity index (χ3v) is 3.14. The van der Waals surface area contributed by atoms with E-state index in [0.29, 0.717) is 12.1 Å². The number of rotatable bonds is 3. The van der Waals surface area contributed by atoms with E-state index in [4.69, 9.17) is 0 Å². The Labute approximate surface area is 134 Å². The molecular formula is C17H29N3O2. The van der Waals surface area contributed by atoms with Gasteiger partial charge in [-0.2, -0.15) is 0 Å². The maximum absolute atomic E-state index is 12.0. The van der Waals surface area contributed by atoms with E-state index in [1.165, 1.54) is 6.92 Å². The van der Waals surface area contributed by atoms with E-state index >= 15 is 0 Å². The molecule has 0 unspecified atom stereocenters. The van der Waals surface area contributed by atoms with E-state index in [1.54, 1.807) is 30.3 Å². The molecule has 1 aromatic rings. The number of amides is 2. The molecule has 5 nitrogen and oxygen atoms in total. The minimum absolute atomic E-state index is 0.0173. The Hall–Kier alpha value is -1.91. The third kappa shape index (κ3) is 5.84. The van der Waals surface area contributed by atoms with E-state index < -0.39 is 0 Å². The summed E-state index contributed by atoms with van der Waals surface area (Å²) >= 11 is 0. The first-order chi connectivity index (χ1) is 10.6. The minimum Gasteiger partial charge on any atom is -0.340 e. The molecule has 1 aliphatic rings. The van der Waals surface area contributed by atoms with E-state index in [9.17, 15) is 9.59 Å². The molecule has 1 aromatic heterocycles. The van der Waals surface area contributed by atoms with Gasteiger partial charge in [-0.1, -0.05) is 27.7 Å². The molecule has 0 N–H and O–H groups in total. The Balaban J connectivity index is 0.00000102. The molecule has 0 bridgehead atoms. The van der Waals surface area contributed by atoms with Crippen LogP contribution in [0, 0.1) is 0 Å². The lowest BCUT2D eigenvalue weighted by molar-refractivity contribution is -0.128. The quantitative estimate of drug-likeness (QED) is 0.862. The maximum Gasteiger partial charge on any atom is 0.253 e. The lowest BCUT2D eigenvalue weighted by Crippen LogP contribution is -2.42. The number of carbonyl (C=O) groups is 2. The molecule has 2 amide bonds. The van der Waals surface area contributed by atoms with E-state index in [-0.39, 0.29) is 11.8 Å². The van der Waals surface area contributed by atoms with Gasteiger partial charge in [0, 0.05) is 38.8 Å². The first kappa shape index (κ1) is 20.1. The van der Waals surface area contributed by atoms with Crippen molar-refractivity contribution >= 4 is 11.8 Å². The highest BCUT2D eigenvalue weighted by molar-refractivity contribution is 5.94. The van der Waals surface area contributed by atoms with Gasteiger partial charge in [0.25, 0.3) is 5.91 Å². The molecule has 22 heavy (non-hydrogen) atoms. The van der Waals surface area contributed by atoms with Crippen molar-refractivity contribution in [3.05, 3.63) is 29.6 Å². The fourth-order valence-corrected chi connectivity index (χ4v) is 1.75. The largest absolute Gasteiger partial charge is 0.340 e. The van der Waals surface area contributed by atoms with Crippen molar-refractivity contribution in [1.29, 1.82) is 0 Å². The summed E-state index contributed by atoms with van der Waals surface area (Å²) in [5.74, 6) is 0.0339. The standard InChI is InChI=1S/C13H17N3O2.2C2H6/c1-10(17)15(2)9-12-8-11(4-5-14-12)13(18)16-6-3-7-16;2*1-2/h4-5,8H,3,6-7,9H2,1-2H3;2*1-2H3. The molecule has 2 rings (SSSR count). The van der Waals surface area contributed by atoms with Crippen LogP contribution in [0.4, 0.5) is 0 Å². The summed E-state index contributed by atoms with van der Waals surface area (Å²) in [6.45, 7) is 11.6. The lowest BCUT2D eigenvalue weighted by Gasteiger charge is -2.31. The van der Waals surface area contributed by atoms with Gasteiger partial charge in [0.15, 0.2) is 0 Å². The van der Waals surface area contributed by atoms with Crippen LogP contribution < -0.4 is 0 Å². The van der Waals surface area contributed by atoms with E-state index in [1.807, 2.05) is 32.6 Å². The number of hydrogen-bond acceptors (Lipinski definition) is 3. The lowest BCUT2D eigenvalue weighted by atomic mass is 10.1. The van der Waals surface area contributed by atoms with Crippen LogP contribution in [0.3, 0.4) is 0 Å². The SMILES string of the molecule is CC.CC.CC(=O)N(C)Cc1cc(C(=O)N2CCC2)ccn1. The molecule has 2 heterocycles. The first-order valence-corrected chi connectivity index (χ1v) is 8.04. The number of pyridine rings is 1. The van der Waals surface area contributed by atoms with Gasteiger partial charge in [0.05, 0.1) is 12.2 Å². The number of carbonyl (C=O) groups excluding carboxylic acids is 2. The molecular weight excluding hydrogens is 278 g/mol. The predicted molar refractivity (Wildman–Crippen MR) is 89.6 cm³/mol. The van der Waals surface area contributed by atoms with Crippen LogP contribution in [-0.2, 0) is 11.3 Å². The van der Waals surface area contributed by atoms with Crippen molar-refractivity contribution in [1.82, 2.24) is 14.8 Å². The molecule has 0 aromatic carbocycles. The van der Waals surface area contributed by atoms with Crippen molar-refractivity contribution in [3.8, 4) is 0 Å². The van der Waals surface area contributed by atoms with Gasteiger partial charge >= 0.3 is 0 Å². The van der Waals surface area contributed by atoms with Gasteiger partial charge in [0.1, 0.15) is 0 Å². The van der Waals surface area contributed by atoms with Crippen molar-refractivity contribution < 1.29 is 9.59 Å². The zero-order valence-corrected chi connectivity index (χ0v) is 14.7. The number of hydrogen-bond donors (Lipinski definition) is 0. The van der Waals surface area contributed by atoms with Crippen LogP contribution in [0.15, 0.2) is 18.3 Å². The van der Waals surface area contributed by atoms with Gasteiger partial charge in [-0.05, 0) is 18.6 Å². The van der Waals surface area contributed by atoms with Crippen LogP contribution >= 0.6 is 0 Å². The van der Waals surface area contributed by atoms with E-state index in [2.05, 4.69) is 4.98 Å². The number of likely N-dealkylation sites (tertiary alicyclic amines) is 1. The highest BCUT2D eigenvalue weighted by atomic mass is 16.2. The van der Waals surface area contributed by atoms with Gasteiger partial charge < -0.3 is 9.80 Å². The average Bonchev–Trinajstić information content (AvgIpc) is 2.49. The van der Waals surface area contributed by atoms with Crippen LogP contribution in [0.2, 0.25) is 0 Å². The average molecular weight is 307 g/mol. The molecule has 124 valence electrons. The number of aromatic nitrogens is 1. The summed E-state index contributed by atoms with van der Waals surface area (Å²) < 4.78 is 0. The summed E-state index contributed by atoms with van der Waals surface area (Å²) in [5, 5.41) is 0. The van der Waals surface area contributed by atoms with Crippen LogP contribution in [-0.4, -0.2) is 46.7 Å². The van der Waals surface area contributed by atoms with Crippen LogP contribution in [0.5, 0.6) is 0 Å². The van der Waals surface area contributed by atoms with Crippen LogP contribution in [0.1, 0.15) is 57.1 Å². The highest BCUT2D eigenvalue weighted by Crippen LogP contribution is 2.13. The molecule has 0 atom stereocenters. The Morgan fingerprint density at radius 2 is 1.82 bits per heavy atom. The summed E-state index contributed by atoms with van der Waals surface area (Å²) in [6, 6.07) is 3.48. The minimum atomic E-state index is -0.0173. The van der Waals surface area contributed by atoms with Gasteiger partial charge in [-0.3, -0.25) is 14.6 Å². The van der Waals surface area contributed by atoms with E-state index in [0.717, 1.165) is 25.2 Å². The molecule has 0 spiro atoms. The second kappa shape index (κ2) is 10.8. The smallest absolute Gasteiger partial charge is 0.253 e. The summed E-state index contributed by atoms with van der Waals surface area (Å²) in [4.78, 5) is 30.7. The monoisotopic (exact) mass is 307 g/mol. The normalized spacial score (nSPS) is 12.0. The van der Waals surface area contributed by atoms with Crippen molar-refractivity contribution in [2.24, 2.45) is 0 Å². The Bertz CT molecular complexity index is 471. The highest BCUT2D eigenvalue weighted by Gasteiger charge is 2.21. The Morgan fingerprint density at radius 3 is 2.27 bits per heavy atom. The van der Waals surface area contributed by atoms with Crippen molar-refractivity contribution in [3.63, 3.8) is 0 Å². The summed E-state index contributed by atoms with van der Waals surface area (Å²) in [7, 11) is 1.72.